The van der Waals surface area contributed by atoms with Gasteiger partial charge in [0, 0.05) is 23.0 Å². The Bertz CT molecular complexity index is 1580. The predicted octanol–water partition coefficient (Wildman–Crippen LogP) is 4.03. The third kappa shape index (κ3) is 4.43. The first-order chi connectivity index (χ1) is 19.3. The molecule has 3 aromatic rings. The van der Waals surface area contributed by atoms with Crippen molar-refractivity contribution in [1.82, 2.24) is 10.0 Å². The highest BCUT2D eigenvalue weighted by Gasteiger charge is 2.55. The van der Waals surface area contributed by atoms with Crippen molar-refractivity contribution in [1.29, 1.82) is 0 Å². The number of imide groups is 1. The van der Waals surface area contributed by atoms with Gasteiger partial charge in [-0.2, -0.15) is 10.2 Å². The summed E-state index contributed by atoms with van der Waals surface area (Å²) in [4.78, 5) is 51.7. The summed E-state index contributed by atoms with van der Waals surface area (Å²) in [5.74, 6) is -1.49. The minimum Gasteiger partial charge on any atom is -0.271 e. The largest absolute Gasteiger partial charge is 0.271 e. The lowest BCUT2D eigenvalue weighted by Crippen LogP contribution is -2.44. The maximum Gasteiger partial charge on any atom is 0.269 e. The summed E-state index contributed by atoms with van der Waals surface area (Å²) >= 11 is 3.34. The molecule has 200 valence electrons. The molecule has 0 saturated carbocycles. The average Bonchev–Trinajstić information content (AvgIpc) is 3.65. The normalized spacial score (nSPS) is 21.7. The number of non-ortho nitro benzene ring substituents is 1. The van der Waals surface area contributed by atoms with Crippen LogP contribution in [0, 0.1) is 10.1 Å². The Balaban J connectivity index is 1.26. The van der Waals surface area contributed by atoms with Crippen molar-refractivity contribution >= 4 is 50.7 Å². The molecular weight excluding hydrogens is 582 g/mol. The fraction of sp³-hybridized carbons (Fsp3) is 0.185. The summed E-state index contributed by atoms with van der Waals surface area (Å²) in [6.07, 6.45) is 0.385. The van der Waals surface area contributed by atoms with Gasteiger partial charge in [-0.1, -0.05) is 63.6 Å². The lowest BCUT2D eigenvalue weighted by Gasteiger charge is -2.25. The Morgan fingerprint density at radius 2 is 1.68 bits per heavy atom. The first kappa shape index (κ1) is 25.5. The summed E-state index contributed by atoms with van der Waals surface area (Å²) in [7, 11) is 0. The zero-order valence-electron chi connectivity index (χ0n) is 20.7. The van der Waals surface area contributed by atoms with Gasteiger partial charge in [-0.25, -0.2) is 9.91 Å². The number of nitrogens with zero attached hydrogens (tertiary/aromatic N) is 7. The molecule has 0 radical (unpaired) electrons. The Morgan fingerprint density at radius 1 is 0.975 bits per heavy atom. The van der Waals surface area contributed by atoms with E-state index in [1.807, 2.05) is 30.3 Å². The highest BCUT2D eigenvalue weighted by atomic mass is 79.9. The number of hydrogen-bond donors (Lipinski definition) is 0. The van der Waals surface area contributed by atoms with Gasteiger partial charge in [0.05, 0.1) is 22.4 Å². The van der Waals surface area contributed by atoms with Gasteiger partial charge in [0.15, 0.2) is 12.1 Å². The molecule has 3 aliphatic heterocycles. The van der Waals surface area contributed by atoms with E-state index in [1.54, 1.807) is 36.4 Å². The lowest BCUT2D eigenvalue weighted by atomic mass is 9.98. The van der Waals surface area contributed by atoms with Crippen molar-refractivity contribution in [3.05, 3.63) is 105 Å². The molecule has 1 fully saturated rings. The van der Waals surface area contributed by atoms with Crippen LogP contribution in [0.2, 0.25) is 0 Å². The van der Waals surface area contributed by atoms with Crippen LogP contribution in [0.15, 0.2) is 98.8 Å². The monoisotopic (exact) mass is 601 g/mol. The second-order valence-electron chi connectivity index (χ2n) is 9.40. The lowest BCUT2D eigenvalue weighted by molar-refractivity contribution is -0.384. The number of hydrogen-bond acceptors (Lipinski definition) is 9. The van der Waals surface area contributed by atoms with E-state index in [0.29, 0.717) is 23.4 Å². The molecule has 3 aliphatic rings. The van der Waals surface area contributed by atoms with Crippen LogP contribution in [-0.4, -0.2) is 57.0 Å². The maximum absolute atomic E-state index is 13.7. The van der Waals surface area contributed by atoms with Gasteiger partial charge < -0.3 is 0 Å². The number of anilines is 1. The number of nitro groups is 1. The number of amides is 3. The Morgan fingerprint density at radius 3 is 2.35 bits per heavy atom. The van der Waals surface area contributed by atoms with Crippen LogP contribution >= 0.6 is 15.9 Å². The summed E-state index contributed by atoms with van der Waals surface area (Å²) in [6, 6.07) is 19.5. The van der Waals surface area contributed by atoms with Crippen LogP contribution < -0.4 is 4.90 Å². The fourth-order valence-electron chi connectivity index (χ4n) is 5.03. The number of benzene rings is 3. The van der Waals surface area contributed by atoms with E-state index in [4.69, 9.17) is 0 Å². The Labute approximate surface area is 235 Å². The van der Waals surface area contributed by atoms with E-state index < -0.39 is 40.8 Å². The average molecular weight is 602 g/mol. The van der Waals surface area contributed by atoms with Crippen LogP contribution in [-0.2, 0) is 14.4 Å². The number of rotatable bonds is 6. The van der Waals surface area contributed by atoms with Gasteiger partial charge in [0.1, 0.15) is 6.54 Å². The Hall–Kier alpha value is -4.78. The van der Waals surface area contributed by atoms with E-state index in [-0.39, 0.29) is 12.2 Å². The molecule has 3 amide bonds. The molecular formula is C27H20BrN7O5. The smallest absolute Gasteiger partial charge is 0.269 e. The quantitative estimate of drug-likeness (QED) is 0.237. The minimum atomic E-state index is -1.05. The standard InChI is InChI=1S/C27H20BrN7O5/c28-18-8-12-19(13-9-18)33-26(37)24-25(27(33)38)32(31-29-24)15-23(36)34-22(17-6-10-20(11-7-17)35(39)40)14-21(30-34)16-4-2-1-3-5-16/h1-13,22,24-25H,14-15H2/t22-,24+,25+/m0/s1. The van der Waals surface area contributed by atoms with Gasteiger partial charge in [-0.3, -0.25) is 29.5 Å². The van der Waals surface area contributed by atoms with Crippen LogP contribution in [0.4, 0.5) is 11.4 Å². The number of fused-ring (bicyclic) bond motifs is 1. The van der Waals surface area contributed by atoms with Gasteiger partial charge in [-0.15, -0.1) is 0 Å². The van der Waals surface area contributed by atoms with Crippen molar-refractivity contribution in [3.8, 4) is 0 Å². The molecule has 13 heteroatoms. The third-order valence-electron chi connectivity index (χ3n) is 7.00. The summed E-state index contributed by atoms with van der Waals surface area (Å²) in [5, 5.41) is 26.3. The molecule has 40 heavy (non-hydrogen) atoms. The van der Waals surface area contributed by atoms with Crippen LogP contribution in [0.25, 0.3) is 0 Å². The number of halogens is 1. The van der Waals surface area contributed by atoms with Gasteiger partial charge in [-0.05, 0) is 35.4 Å². The highest BCUT2D eigenvalue weighted by molar-refractivity contribution is 9.10. The summed E-state index contributed by atoms with van der Waals surface area (Å²) < 4.78 is 0.797. The topological polar surface area (TPSA) is 141 Å². The molecule has 0 aliphatic carbocycles. The molecule has 3 heterocycles. The highest BCUT2D eigenvalue weighted by Crippen LogP contribution is 2.36. The van der Waals surface area contributed by atoms with Gasteiger partial charge in [0.2, 0.25) is 0 Å². The molecule has 3 aromatic carbocycles. The second-order valence-corrected chi connectivity index (χ2v) is 10.3. The number of hydrazone groups is 1. The van der Waals surface area contributed by atoms with Crippen molar-refractivity contribution in [2.45, 2.75) is 24.5 Å². The molecule has 0 bridgehead atoms. The van der Waals surface area contributed by atoms with E-state index in [0.717, 1.165) is 14.9 Å². The molecule has 0 spiro atoms. The van der Waals surface area contributed by atoms with Crippen molar-refractivity contribution in [3.63, 3.8) is 0 Å². The van der Waals surface area contributed by atoms with Crippen molar-refractivity contribution in [2.24, 2.45) is 15.4 Å². The fourth-order valence-corrected chi connectivity index (χ4v) is 5.30. The zero-order valence-corrected chi connectivity index (χ0v) is 22.3. The maximum atomic E-state index is 13.7. The van der Waals surface area contributed by atoms with E-state index in [9.17, 15) is 24.5 Å². The number of carbonyl (C=O) groups is 3. The van der Waals surface area contributed by atoms with Crippen LogP contribution in [0.5, 0.6) is 0 Å². The second kappa shape index (κ2) is 10.1. The summed E-state index contributed by atoms with van der Waals surface area (Å²) in [6.45, 7) is -0.340. The molecule has 3 atom stereocenters. The number of carbonyl (C=O) groups excluding carboxylic acids is 3. The van der Waals surface area contributed by atoms with E-state index in [2.05, 4.69) is 31.4 Å². The molecule has 6 rings (SSSR count). The molecule has 0 N–H and O–H groups in total. The first-order valence-corrected chi connectivity index (χ1v) is 13.1. The van der Waals surface area contributed by atoms with Crippen LogP contribution in [0.1, 0.15) is 23.6 Å². The minimum absolute atomic E-state index is 0.0629. The van der Waals surface area contributed by atoms with Crippen molar-refractivity contribution < 1.29 is 19.3 Å². The first-order valence-electron chi connectivity index (χ1n) is 12.3. The molecule has 1 saturated heterocycles. The number of nitro benzene ring substituents is 1. The van der Waals surface area contributed by atoms with E-state index >= 15 is 0 Å². The van der Waals surface area contributed by atoms with Gasteiger partial charge >= 0.3 is 0 Å². The van der Waals surface area contributed by atoms with Gasteiger partial charge in [0.25, 0.3) is 23.4 Å². The van der Waals surface area contributed by atoms with Crippen molar-refractivity contribution in [2.75, 3.05) is 11.4 Å². The molecule has 0 unspecified atom stereocenters. The third-order valence-corrected chi connectivity index (χ3v) is 7.53. The van der Waals surface area contributed by atoms with Crippen LogP contribution in [0.3, 0.4) is 0 Å². The summed E-state index contributed by atoms with van der Waals surface area (Å²) in [5.41, 5.74) is 2.53. The van der Waals surface area contributed by atoms with E-state index in [1.165, 1.54) is 22.2 Å². The molecule has 12 nitrogen and oxygen atoms in total. The predicted molar refractivity (Wildman–Crippen MR) is 146 cm³/mol. The zero-order chi connectivity index (χ0) is 28.0. The Kier molecular flexibility index (Phi) is 6.42. The molecule has 0 aromatic heterocycles. The SMILES string of the molecule is O=C1[C@@H]2N=NN(CC(=O)N3N=C(c4ccccc4)C[C@H]3c3ccc([N+](=O)[O-])cc3)[C@H]2C(=O)N1c1ccc(Br)cc1.